The zero-order valence-corrected chi connectivity index (χ0v) is 15.9. The smallest absolute Gasteiger partial charge is 0.248 e. The number of hydrogen-bond donors (Lipinski definition) is 1. The van der Waals surface area contributed by atoms with Crippen molar-refractivity contribution in [1.29, 1.82) is 0 Å². The van der Waals surface area contributed by atoms with Gasteiger partial charge in [-0.2, -0.15) is 0 Å². The summed E-state index contributed by atoms with van der Waals surface area (Å²) in [7, 11) is 0. The van der Waals surface area contributed by atoms with E-state index in [9.17, 15) is 9.59 Å². The van der Waals surface area contributed by atoms with E-state index in [4.69, 9.17) is 11.6 Å². The lowest BCUT2D eigenvalue weighted by Crippen LogP contribution is -2.48. The largest absolute Gasteiger partial charge is 0.366 e. The number of piperazine rings is 1. The summed E-state index contributed by atoms with van der Waals surface area (Å²) in [5.41, 5.74) is 2.64. The van der Waals surface area contributed by atoms with Crippen molar-refractivity contribution in [3.05, 3.63) is 65.2 Å². The van der Waals surface area contributed by atoms with Crippen LogP contribution in [0.1, 0.15) is 12.5 Å². The molecule has 1 aliphatic heterocycles. The van der Waals surface area contributed by atoms with Gasteiger partial charge in [-0.3, -0.25) is 9.59 Å². The van der Waals surface area contributed by atoms with Gasteiger partial charge in [0.25, 0.3) is 0 Å². The summed E-state index contributed by atoms with van der Waals surface area (Å²) in [6, 6.07) is 15.0. The topological polar surface area (TPSA) is 52.7 Å². The number of halogens is 1. The number of nitrogens with one attached hydrogen (secondary N) is 1. The first-order valence-corrected chi connectivity index (χ1v) is 9.25. The van der Waals surface area contributed by atoms with Gasteiger partial charge in [-0.05, 0) is 35.9 Å². The first kappa shape index (κ1) is 19.0. The summed E-state index contributed by atoms with van der Waals surface area (Å²) >= 11 is 5.87. The van der Waals surface area contributed by atoms with Gasteiger partial charge in [-0.15, -0.1) is 0 Å². The summed E-state index contributed by atoms with van der Waals surface area (Å²) in [6.45, 7) is 4.46. The van der Waals surface area contributed by atoms with Crippen LogP contribution in [0.3, 0.4) is 0 Å². The Hall–Kier alpha value is -2.79. The molecule has 1 heterocycles. The number of rotatable bonds is 4. The Labute approximate surface area is 164 Å². The van der Waals surface area contributed by atoms with Crippen molar-refractivity contribution in [1.82, 2.24) is 4.90 Å². The Morgan fingerprint density at radius 1 is 1.00 bits per heavy atom. The monoisotopic (exact) mass is 383 g/mol. The van der Waals surface area contributed by atoms with E-state index in [0.29, 0.717) is 18.1 Å². The maximum atomic E-state index is 12.3. The lowest BCUT2D eigenvalue weighted by atomic mass is 10.2. The van der Waals surface area contributed by atoms with Crippen LogP contribution in [0.4, 0.5) is 11.4 Å². The maximum Gasteiger partial charge on any atom is 0.248 e. The molecule has 1 N–H and O–H groups in total. The van der Waals surface area contributed by atoms with E-state index >= 15 is 0 Å². The van der Waals surface area contributed by atoms with Crippen molar-refractivity contribution >= 4 is 40.9 Å². The number of amides is 2. The first-order valence-electron chi connectivity index (χ1n) is 8.87. The highest BCUT2D eigenvalue weighted by molar-refractivity contribution is 6.30. The second-order valence-corrected chi connectivity index (χ2v) is 6.82. The Kier molecular flexibility index (Phi) is 6.14. The van der Waals surface area contributed by atoms with Gasteiger partial charge in [-0.1, -0.05) is 35.9 Å². The number of carbonyl (C=O) groups is 2. The van der Waals surface area contributed by atoms with Crippen LogP contribution in [-0.2, 0) is 9.59 Å². The minimum Gasteiger partial charge on any atom is -0.366 e. The summed E-state index contributed by atoms with van der Waals surface area (Å²) in [5, 5.41) is 3.61. The van der Waals surface area contributed by atoms with Gasteiger partial charge < -0.3 is 15.1 Å². The fourth-order valence-corrected chi connectivity index (χ4v) is 3.16. The molecule has 1 saturated heterocycles. The van der Waals surface area contributed by atoms with Crippen LogP contribution in [0.2, 0.25) is 5.02 Å². The van der Waals surface area contributed by atoms with E-state index < -0.39 is 0 Å². The highest BCUT2D eigenvalue weighted by Gasteiger charge is 2.20. The molecule has 2 aromatic rings. The highest BCUT2D eigenvalue weighted by Crippen LogP contribution is 2.26. The lowest BCUT2D eigenvalue weighted by Gasteiger charge is -2.36. The molecule has 0 saturated carbocycles. The van der Waals surface area contributed by atoms with E-state index in [1.54, 1.807) is 25.1 Å². The molecule has 27 heavy (non-hydrogen) atoms. The molecule has 0 radical (unpaired) electrons. The third-order valence-corrected chi connectivity index (χ3v) is 4.78. The average molecular weight is 384 g/mol. The average Bonchev–Trinajstić information content (AvgIpc) is 2.68. The molecule has 6 heteroatoms. The fourth-order valence-electron chi connectivity index (χ4n) is 3.04. The van der Waals surface area contributed by atoms with E-state index in [1.165, 1.54) is 6.08 Å². The predicted octanol–water partition coefficient (Wildman–Crippen LogP) is 3.66. The summed E-state index contributed by atoms with van der Waals surface area (Å²) in [4.78, 5) is 27.9. The quantitative estimate of drug-likeness (QED) is 0.820. The lowest BCUT2D eigenvalue weighted by molar-refractivity contribution is -0.129. The normalized spacial score (nSPS) is 14.4. The molecule has 3 rings (SSSR count). The summed E-state index contributed by atoms with van der Waals surface area (Å²) in [5.74, 6) is -0.0941. The van der Waals surface area contributed by atoms with Crippen molar-refractivity contribution in [3.63, 3.8) is 0 Å². The third kappa shape index (κ3) is 5.11. The molecule has 0 aliphatic carbocycles. The standard InChI is InChI=1S/C21H22ClN3O2/c1-16(26)24-12-14-25(15-13-24)20-5-3-2-4-19(20)23-21(27)11-8-17-6-9-18(22)10-7-17/h2-11H,12-15H2,1H3,(H,23,27). The van der Waals surface area contributed by atoms with Crippen molar-refractivity contribution in [2.45, 2.75) is 6.92 Å². The van der Waals surface area contributed by atoms with Crippen LogP contribution in [0.5, 0.6) is 0 Å². The Morgan fingerprint density at radius 2 is 1.67 bits per heavy atom. The molecule has 2 aromatic carbocycles. The van der Waals surface area contributed by atoms with Gasteiger partial charge in [0, 0.05) is 44.2 Å². The predicted molar refractivity (Wildman–Crippen MR) is 110 cm³/mol. The maximum absolute atomic E-state index is 12.3. The van der Waals surface area contributed by atoms with Crippen LogP contribution in [-0.4, -0.2) is 42.9 Å². The van der Waals surface area contributed by atoms with Crippen LogP contribution in [0.25, 0.3) is 6.08 Å². The Bertz CT molecular complexity index is 841. The molecular formula is C21H22ClN3O2. The van der Waals surface area contributed by atoms with Gasteiger partial charge in [0.1, 0.15) is 0 Å². The number of benzene rings is 2. The summed E-state index contributed by atoms with van der Waals surface area (Å²) in [6.07, 6.45) is 3.26. The molecular weight excluding hydrogens is 362 g/mol. The van der Waals surface area contributed by atoms with E-state index in [-0.39, 0.29) is 11.8 Å². The molecule has 0 atom stereocenters. The zero-order valence-electron chi connectivity index (χ0n) is 15.2. The second kappa shape index (κ2) is 8.73. The molecule has 5 nitrogen and oxygen atoms in total. The second-order valence-electron chi connectivity index (χ2n) is 6.38. The minimum atomic E-state index is -0.195. The Morgan fingerprint density at radius 3 is 2.33 bits per heavy atom. The van der Waals surface area contributed by atoms with Crippen molar-refractivity contribution < 1.29 is 9.59 Å². The van der Waals surface area contributed by atoms with Gasteiger partial charge in [0.2, 0.25) is 11.8 Å². The van der Waals surface area contributed by atoms with E-state index in [0.717, 1.165) is 30.0 Å². The number of nitrogens with zero attached hydrogens (tertiary/aromatic N) is 2. The molecule has 0 aromatic heterocycles. The molecule has 2 amide bonds. The molecule has 1 fully saturated rings. The number of carbonyl (C=O) groups excluding carboxylic acids is 2. The molecule has 0 unspecified atom stereocenters. The van der Waals surface area contributed by atoms with Gasteiger partial charge in [0.05, 0.1) is 11.4 Å². The molecule has 0 bridgehead atoms. The van der Waals surface area contributed by atoms with Crippen molar-refractivity contribution in [3.8, 4) is 0 Å². The number of anilines is 2. The summed E-state index contributed by atoms with van der Waals surface area (Å²) < 4.78 is 0. The Balaban J connectivity index is 1.66. The van der Waals surface area contributed by atoms with Crippen LogP contribution < -0.4 is 10.2 Å². The van der Waals surface area contributed by atoms with E-state index in [2.05, 4.69) is 10.2 Å². The molecule has 1 aliphatic rings. The van der Waals surface area contributed by atoms with Gasteiger partial charge in [0.15, 0.2) is 0 Å². The minimum absolute atomic E-state index is 0.101. The van der Waals surface area contributed by atoms with Crippen LogP contribution >= 0.6 is 11.6 Å². The third-order valence-electron chi connectivity index (χ3n) is 4.52. The SMILES string of the molecule is CC(=O)N1CCN(c2ccccc2NC(=O)C=Cc2ccc(Cl)cc2)CC1. The van der Waals surface area contributed by atoms with Crippen LogP contribution in [0.15, 0.2) is 54.6 Å². The highest BCUT2D eigenvalue weighted by atomic mass is 35.5. The first-order chi connectivity index (χ1) is 13.0. The van der Waals surface area contributed by atoms with Crippen molar-refractivity contribution in [2.24, 2.45) is 0 Å². The van der Waals surface area contributed by atoms with E-state index in [1.807, 2.05) is 41.3 Å². The molecule has 0 spiro atoms. The zero-order chi connectivity index (χ0) is 19.2. The van der Waals surface area contributed by atoms with Crippen molar-refractivity contribution in [2.75, 3.05) is 36.4 Å². The van der Waals surface area contributed by atoms with Gasteiger partial charge >= 0.3 is 0 Å². The van der Waals surface area contributed by atoms with Crippen LogP contribution in [0, 0.1) is 0 Å². The number of hydrogen-bond acceptors (Lipinski definition) is 3. The molecule has 140 valence electrons. The fraction of sp³-hybridized carbons (Fsp3) is 0.238. The van der Waals surface area contributed by atoms with Gasteiger partial charge in [-0.25, -0.2) is 0 Å². The number of para-hydroxylation sites is 2.